The average molecular weight is 257 g/mol. The molecule has 0 radical (unpaired) electrons. The van der Waals surface area contributed by atoms with Crippen molar-refractivity contribution in [3.05, 3.63) is 4.88 Å². The molecule has 0 aromatic carbocycles. The van der Waals surface area contributed by atoms with Crippen LogP contribution in [-0.2, 0) is 4.74 Å². The zero-order valence-electron chi connectivity index (χ0n) is 9.53. The van der Waals surface area contributed by atoms with Gasteiger partial charge in [-0.1, -0.05) is 0 Å². The van der Waals surface area contributed by atoms with Crippen LogP contribution in [0.5, 0.6) is 0 Å². The molecule has 1 unspecified atom stereocenters. The van der Waals surface area contributed by atoms with Crippen LogP contribution in [-0.4, -0.2) is 26.0 Å². The number of ether oxygens (including phenoxy) is 1. The van der Waals surface area contributed by atoms with Gasteiger partial charge in [-0.15, -0.1) is 23.1 Å². The Morgan fingerprint density at radius 3 is 2.88 bits per heavy atom. The van der Waals surface area contributed by atoms with Crippen LogP contribution in [0.15, 0.2) is 4.90 Å². The third kappa shape index (κ3) is 2.82. The first-order valence-corrected chi connectivity index (χ1v) is 6.80. The van der Waals surface area contributed by atoms with Crippen LogP contribution < -0.4 is 11.1 Å². The van der Waals surface area contributed by atoms with Gasteiger partial charge in [0.15, 0.2) is 0 Å². The van der Waals surface area contributed by atoms with Crippen molar-refractivity contribution in [3.63, 3.8) is 0 Å². The summed E-state index contributed by atoms with van der Waals surface area (Å²) in [6.45, 7) is 2.64. The Morgan fingerprint density at radius 2 is 2.38 bits per heavy atom. The van der Waals surface area contributed by atoms with E-state index in [-0.39, 0.29) is 6.04 Å². The minimum atomic E-state index is 0.195. The quantitative estimate of drug-likeness (QED) is 0.792. The number of nitrogens with one attached hydrogen (secondary N) is 1. The normalized spacial score (nSPS) is 12.1. The number of rotatable bonds is 5. The van der Waals surface area contributed by atoms with Crippen molar-refractivity contribution in [2.75, 3.05) is 31.0 Å². The maximum atomic E-state index is 8.91. The lowest BCUT2D eigenvalue weighted by Crippen LogP contribution is -2.20. The highest BCUT2D eigenvalue weighted by Crippen LogP contribution is 2.41. The van der Waals surface area contributed by atoms with Gasteiger partial charge in [0.2, 0.25) is 0 Å². The minimum Gasteiger partial charge on any atom is -0.396 e. The summed E-state index contributed by atoms with van der Waals surface area (Å²) in [6, 6.07) is 2.30. The maximum absolute atomic E-state index is 8.91. The van der Waals surface area contributed by atoms with E-state index in [0.717, 1.165) is 9.90 Å². The fourth-order valence-electron chi connectivity index (χ4n) is 1.32. The molecule has 0 bridgehead atoms. The van der Waals surface area contributed by atoms with Crippen molar-refractivity contribution >= 4 is 33.8 Å². The molecule has 4 nitrogen and oxygen atoms in total. The first kappa shape index (κ1) is 13.2. The Morgan fingerprint density at radius 1 is 1.69 bits per heavy atom. The van der Waals surface area contributed by atoms with E-state index in [9.17, 15) is 0 Å². The minimum absolute atomic E-state index is 0.195. The van der Waals surface area contributed by atoms with Gasteiger partial charge in [0, 0.05) is 13.2 Å². The Bertz CT molecular complexity index is 398. The second kappa shape index (κ2) is 5.99. The summed E-state index contributed by atoms with van der Waals surface area (Å²) in [5.74, 6) is 0. The molecule has 0 aliphatic carbocycles. The fourth-order valence-corrected chi connectivity index (χ4v) is 3.26. The van der Waals surface area contributed by atoms with E-state index in [1.807, 2.05) is 13.2 Å². The van der Waals surface area contributed by atoms with Crippen LogP contribution in [0.4, 0.5) is 10.7 Å². The summed E-state index contributed by atoms with van der Waals surface area (Å²) in [5.41, 5.74) is 6.45. The van der Waals surface area contributed by atoms with Crippen LogP contribution in [0.1, 0.15) is 11.8 Å². The number of thiophene rings is 1. The molecule has 0 amide bonds. The SMILES string of the molecule is COCC(C)Nc1sc(C#N)c(N)c1SC. The van der Waals surface area contributed by atoms with Crippen molar-refractivity contribution in [2.45, 2.75) is 17.9 Å². The first-order valence-electron chi connectivity index (χ1n) is 4.75. The third-order valence-electron chi connectivity index (χ3n) is 2.00. The van der Waals surface area contributed by atoms with E-state index in [2.05, 4.69) is 11.4 Å². The number of thioether (sulfide) groups is 1. The first-order chi connectivity index (χ1) is 7.63. The molecule has 3 N–H and O–H groups in total. The van der Waals surface area contributed by atoms with Gasteiger partial charge in [-0.05, 0) is 13.2 Å². The van der Waals surface area contributed by atoms with Gasteiger partial charge in [0.1, 0.15) is 15.9 Å². The molecule has 16 heavy (non-hydrogen) atoms. The van der Waals surface area contributed by atoms with Crippen LogP contribution >= 0.6 is 23.1 Å². The van der Waals surface area contributed by atoms with Crippen molar-refractivity contribution in [1.29, 1.82) is 5.26 Å². The van der Waals surface area contributed by atoms with Gasteiger partial charge >= 0.3 is 0 Å². The zero-order valence-corrected chi connectivity index (χ0v) is 11.2. The lowest BCUT2D eigenvalue weighted by molar-refractivity contribution is 0.190. The lowest BCUT2D eigenvalue weighted by atomic mass is 10.3. The van der Waals surface area contributed by atoms with E-state index in [1.54, 1.807) is 18.9 Å². The molecule has 1 aromatic rings. The van der Waals surface area contributed by atoms with Crippen LogP contribution in [0.25, 0.3) is 0 Å². The van der Waals surface area contributed by atoms with E-state index in [0.29, 0.717) is 17.2 Å². The topological polar surface area (TPSA) is 71.1 Å². The second-order valence-electron chi connectivity index (χ2n) is 3.32. The molecule has 0 spiro atoms. The number of nitriles is 1. The number of methoxy groups -OCH3 is 1. The fraction of sp³-hybridized carbons (Fsp3) is 0.500. The van der Waals surface area contributed by atoms with E-state index in [4.69, 9.17) is 15.7 Å². The predicted molar refractivity (Wildman–Crippen MR) is 70.2 cm³/mol. The Kier molecular flexibility index (Phi) is 4.93. The molecular formula is C10H15N3OS2. The van der Waals surface area contributed by atoms with Crippen molar-refractivity contribution < 1.29 is 4.74 Å². The number of hydrogen-bond acceptors (Lipinski definition) is 6. The highest BCUT2D eigenvalue weighted by Gasteiger charge is 2.16. The Hall–Kier alpha value is -0.900. The van der Waals surface area contributed by atoms with Gasteiger partial charge in [0.25, 0.3) is 0 Å². The number of nitrogens with two attached hydrogens (primary N) is 1. The molecule has 6 heteroatoms. The average Bonchev–Trinajstić information content (AvgIpc) is 2.54. The summed E-state index contributed by atoms with van der Waals surface area (Å²) in [5, 5.41) is 13.2. The molecule has 0 saturated carbocycles. The smallest absolute Gasteiger partial charge is 0.131 e. The predicted octanol–water partition coefficient (Wildman–Crippen LogP) is 2.37. The van der Waals surface area contributed by atoms with E-state index < -0.39 is 0 Å². The van der Waals surface area contributed by atoms with Crippen molar-refractivity contribution in [3.8, 4) is 6.07 Å². The maximum Gasteiger partial charge on any atom is 0.131 e. The molecule has 1 rings (SSSR count). The number of nitrogen functional groups attached to an aromatic ring is 1. The summed E-state index contributed by atoms with van der Waals surface area (Å²) in [4.78, 5) is 1.51. The number of hydrogen-bond donors (Lipinski definition) is 2. The third-order valence-corrected chi connectivity index (χ3v) is 4.00. The van der Waals surface area contributed by atoms with Gasteiger partial charge < -0.3 is 15.8 Å². The molecular weight excluding hydrogens is 242 g/mol. The largest absolute Gasteiger partial charge is 0.396 e. The van der Waals surface area contributed by atoms with Crippen molar-refractivity contribution in [1.82, 2.24) is 0 Å². The molecule has 0 aliphatic rings. The molecule has 0 saturated heterocycles. The van der Waals surface area contributed by atoms with Gasteiger partial charge in [0.05, 0.1) is 17.2 Å². The number of anilines is 2. The van der Waals surface area contributed by atoms with Crippen molar-refractivity contribution in [2.24, 2.45) is 0 Å². The van der Waals surface area contributed by atoms with Gasteiger partial charge in [-0.2, -0.15) is 5.26 Å². The molecule has 1 atom stereocenters. The highest BCUT2D eigenvalue weighted by molar-refractivity contribution is 7.99. The Balaban J connectivity index is 2.91. The summed E-state index contributed by atoms with van der Waals surface area (Å²) >= 11 is 2.94. The van der Waals surface area contributed by atoms with Gasteiger partial charge in [-0.3, -0.25) is 0 Å². The molecule has 1 heterocycles. The monoisotopic (exact) mass is 257 g/mol. The van der Waals surface area contributed by atoms with Crippen LogP contribution in [0, 0.1) is 11.3 Å². The standard InChI is InChI=1S/C10H15N3OS2/c1-6(5-14-2)13-10-9(15-3)8(12)7(4-11)16-10/h6,13H,5,12H2,1-3H3. The summed E-state index contributed by atoms with van der Waals surface area (Å²) in [7, 11) is 1.66. The van der Waals surface area contributed by atoms with Gasteiger partial charge in [-0.25, -0.2) is 0 Å². The zero-order chi connectivity index (χ0) is 12.1. The molecule has 88 valence electrons. The number of nitrogens with zero attached hydrogens (tertiary/aromatic N) is 1. The van der Waals surface area contributed by atoms with E-state index >= 15 is 0 Å². The second-order valence-corrected chi connectivity index (χ2v) is 5.16. The Labute approximate surface area is 104 Å². The molecule has 1 aromatic heterocycles. The van der Waals surface area contributed by atoms with Crippen LogP contribution in [0.3, 0.4) is 0 Å². The summed E-state index contributed by atoms with van der Waals surface area (Å²) < 4.78 is 5.05. The molecule has 0 fully saturated rings. The van der Waals surface area contributed by atoms with E-state index in [1.165, 1.54) is 11.3 Å². The van der Waals surface area contributed by atoms with Crippen LogP contribution in [0.2, 0.25) is 0 Å². The molecule has 0 aliphatic heterocycles. The highest BCUT2D eigenvalue weighted by atomic mass is 32.2. The lowest BCUT2D eigenvalue weighted by Gasteiger charge is -2.13. The summed E-state index contributed by atoms with van der Waals surface area (Å²) in [6.07, 6.45) is 1.95.